The van der Waals surface area contributed by atoms with Crippen LogP contribution < -0.4 is 5.73 Å². The highest BCUT2D eigenvalue weighted by atomic mass is 19.1. The van der Waals surface area contributed by atoms with Gasteiger partial charge in [0.1, 0.15) is 5.82 Å². The molecule has 12 heavy (non-hydrogen) atoms. The van der Waals surface area contributed by atoms with Crippen molar-refractivity contribution in [3.05, 3.63) is 24.1 Å². The molecule has 2 N–H and O–H groups in total. The van der Waals surface area contributed by atoms with Gasteiger partial charge in [0.25, 0.3) is 0 Å². The molecular formula is C8H8FN3. The number of nitrogen functional groups attached to an aromatic ring is 1. The van der Waals surface area contributed by atoms with Crippen LogP contribution in [0.25, 0.3) is 10.9 Å². The molecule has 0 radical (unpaired) electrons. The van der Waals surface area contributed by atoms with Crippen molar-refractivity contribution in [3.8, 4) is 0 Å². The van der Waals surface area contributed by atoms with Crippen molar-refractivity contribution in [3.63, 3.8) is 0 Å². The number of aromatic nitrogens is 2. The molecule has 1 aromatic heterocycles. The number of benzene rings is 1. The van der Waals surface area contributed by atoms with Gasteiger partial charge >= 0.3 is 0 Å². The second kappa shape index (κ2) is 2.20. The van der Waals surface area contributed by atoms with Gasteiger partial charge in [-0.1, -0.05) is 0 Å². The average molecular weight is 165 g/mol. The van der Waals surface area contributed by atoms with E-state index < -0.39 is 5.82 Å². The SMILES string of the molecule is Cn1cc2cc(N)c(F)cc2n1. The minimum absolute atomic E-state index is 0.163. The van der Waals surface area contributed by atoms with E-state index in [4.69, 9.17) is 5.73 Å². The number of halogens is 1. The molecule has 0 spiro atoms. The van der Waals surface area contributed by atoms with E-state index in [2.05, 4.69) is 5.10 Å². The predicted molar refractivity (Wildman–Crippen MR) is 45.1 cm³/mol. The molecule has 0 amide bonds. The van der Waals surface area contributed by atoms with Gasteiger partial charge in [-0.15, -0.1) is 0 Å². The van der Waals surface area contributed by atoms with E-state index in [9.17, 15) is 4.39 Å². The lowest BCUT2D eigenvalue weighted by Gasteiger charge is -1.93. The van der Waals surface area contributed by atoms with Crippen molar-refractivity contribution in [2.24, 2.45) is 7.05 Å². The van der Waals surface area contributed by atoms with Crippen LogP contribution in [0.4, 0.5) is 10.1 Å². The number of aryl methyl sites for hydroxylation is 1. The first-order chi connectivity index (χ1) is 5.66. The average Bonchev–Trinajstić information content (AvgIpc) is 2.30. The highest BCUT2D eigenvalue weighted by Crippen LogP contribution is 2.18. The van der Waals surface area contributed by atoms with Crippen molar-refractivity contribution in [2.75, 3.05) is 5.73 Å². The fourth-order valence-corrected chi connectivity index (χ4v) is 1.19. The highest BCUT2D eigenvalue weighted by molar-refractivity contribution is 5.81. The Hall–Kier alpha value is -1.58. The number of hydrogen-bond donors (Lipinski definition) is 1. The maximum Gasteiger partial charge on any atom is 0.148 e. The first-order valence-corrected chi connectivity index (χ1v) is 3.55. The van der Waals surface area contributed by atoms with Crippen molar-refractivity contribution in [1.29, 1.82) is 0 Å². The topological polar surface area (TPSA) is 43.8 Å². The van der Waals surface area contributed by atoms with Crippen LogP contribution in [0.15, 0.2) is 18.3 Å². The van der Waals surface area contributed by atoms with Gasteiger partial charge in [0, 0.05) is 24.7 Å². The smallest absolute Gasteiger partial charge is 0.148 e. The Kier molecular flexibility index (Phi) is 1.30. The second-order valence-electron chi connectivity index (χ2n) is 2.74. The fourth-order valence-electron chi connectivity index (χ4n) is 1.19. The Morgan fingerprint density at radius 1 is 1.50 bits per heavy atom. The Morgan fingerprint density at radius 3 is 3.00 bits per heavy atom. The fraction of sp³-hybridized carbons (Fsp3) is 0.125. The number of rotatable bonds is 0. The summed E-state index contributed by atoms with van der Waals surface area (Å²) in [6.07, 6.45) is 1.80. The van der Waals surface area contributed by atoms with E-state index >= 15 is 0 Å². The Labute approximate surface area is 68.6 Å². The molecule has 0 fully saturated rings. The van der Waals surface area contributed by atoms with Gasteiger partial charge in [-0.05, 0) is 6.07 Å². The molecule has 0 atom stereocenters. The van der Waals surface area contributed by atoms with Crippen LogP contribution in [0.5, 0.6) is 0 Å². The molecule has 1 aromatic carbocycles. The molecule has 2 rings (SSSR count). The largest absolute Gasteiger partial charge is 0.396 e. The van der Waals surface area contributed by atoms with Crippen LogP contribution in [0.1, 0.15) is 0 Å². The molecule has 0 bridgehead atoms. The normalized spacial score (nSPS) is 10.8. The summed E-state index contributed by atoms with van der Waals surface area (Å²) in [7, 11) is 1.79. The van der Waals surface area contributed by atoms with Gasteiger partial charge in [-0.2, -0.15) is 5.10 Å². The van der Waals surface area contributed by atoms with Crippen LogP contribution in [-0.2, 0) is 7.05 Å². The summed E-state index contributed by atoms with van der Waals surface area (Å²) in [4.78, 5) is 0. The Bertz CT molecular complexity index is 394. The van der Waals surface area contributed by atoms with E-state index in [-0.39, 0.29) is 5.69 Å². The zero-order valence-corrected chi connectivity index (χ0v) is 6.58. The number of nitrogens with zero attached hydrogens (tertiary/aromatic N) is 2. The molecule has 2 aromatic rings. The summed E-state index contributed by atoms with van der Waals surface area (Å²) in [6.45, 7) is 0. The molecule has 1 heterocycles. The summed E-state index contributed by atoms with van der Waals surface area (Å²) in [5, 5.41) is 4.89. The second-order valence-corrected chi connectivity index (χ2v) is 2.74. The first-order valence-electron chi connectivity index (χ1n) is 3.55. The zero-order chi connectivity index (χ0) is 8.72. The van der Waals surface area contributed by atoms with Crippen LogP contribution >= 0.6 is 0 Å². The van der Waals surface area contributed by atoms with E-state index in [1.807, 2.05) is 0 Å². The molecule has 0 aliphatic heterocycles. The number of nitrogens with two attached hydrogens (primary N) is 1. The lowest BCUT2D eigenvalue weighted by molar-refractivity contribution is 0.633. The molecule has 62 valence electrons. The third-order valence-corrected chi connectivity index (χ3v) is 1.74. The third kappa shape index (κ3) is 0.922. The van der Waals surface area contributed by atoms with Gasteiger partial charge in [-0.25, -0.2) is 4.39 Å². The quantitative estimate of drug-likeness (QED) is 0.598. The molecule has 0 unspecified atom stereocenters. The third-order valence-electron chi connectivity index (χ3n) is 1.74. The van der Waals surface area contributed by atoms with E-state index in [0.29, 0.717) is 5.52 Å². The maximum atomic E-state index is 12.9. The summed E-state index contributed by atoms with van der Waals surface area (Å²) in [5.41, 5.74) is 6.17. The Balaban J connectivity index is 2.83. The van der Waals surface area contributed by atoms with Crippen molar-refractivity contribution in [2.45, 2.75) is 0 Å². The highest BCUT2D eigenvalue weighted by Gasteiger charge is 2.03. The van der Waals surface area contributed by atoms with Gasteiger partial charge in [0.05, 0.1) is 11.2 Å². The monoisotopic (exact) mass is 165 g/mol. The van der Waals surface area contributed by atoms with Crippen LogP contribution in [-0.4, -0.2) is 9.78 Å². The molecule has 0 saturated heterocycles. The minimum Gasteiger partial charge on any atom is -0.396 e. The molecular weight excluding hydrogens is 157 g/mol. The van der Waals surface area contributed by atoms with Gasteiger partial charge in [0.15, 0.2) is 0 Å². The zero-order valence-electron chi connectivity index (χ0n) is 6.58. The maximum absolute atomic E-state index is 12.9. The molecule has 4 heteroatoms. The van der Waals surface area contributed by atoms with Crippen molar-refractivity contribution < 1.29 is 4.39 Å². The van der Waals surface area contributed by atoms with Crippen molar-refractivity contribution >= 4 is 16.6 Å². The van der Waals surface area contributed by atoms with Crippen LogP contribution in [0.2, 0.25) is 0 Å². The standard InChI is InChI=1S/C8H8FN3/c1-12-4-5-2-7(10)6(9)3-8(5)11-12/h2-4H,10H2,1H3. The summed E-state index contributed by atoms with van der Waals surface area (Å²) < 4.78 is 14.5. The molecule has 0 aliphatic carbocycles. The molecule has 0 aliphatic rings. The van der Waals surface area contributed by atoms with Gasteiger partial charge < -0.3 is 5.73 Å². The summed E-state index contributed by atoms with van der Waals surface area (Å²) in [6, 6.07) is 2.92. The number of anilines is 1. The Morgan fingerprint density at radius 2 is 2.25 bits per heavy atom. The lowest BCUT2D eigenvalue weighted by Crippen LogP contribution is -1.89. The van der Waals surface area contributed by atoms with E-state index in [1.165, 1.54) is 6.07 Å². The van der Waals surface area contributed by atoms with Crippen molar-refractivity contribution in [1.82, 2.24) is 9.78 Å². The van der Waals surface area contributed by atoms with Crippen LogP contribution in [0.3, 0.4) is 0 Å². The van der Waals surface area contributed by atoms with Crippen LogP contribution in [0, 0.1) is 5.82 Å². The molecule has 3 nitrogen and oxygen atoms in total. The first kappa shape index (κ1) is 7.09. The lowest BCUT2D eigenvalue weighted by atomic mass is 10.2. The van der Waals surface area contributed by atoms with E-state index in [1.54, 1.807) is 24.0 Å². The molecule has 0 saturated carbocycles. The minimum atomic E-state index is -0.416. The summed E-state index contributed by atoms with van der Waals surface area (Å²) in [5.74, 6) is -0.416. The van der Waals surface area contributed by atoms with E-state index in [0.717, 1.165) is 5.39 Å². The summed E-state index contributed by atoms with van der Waals surface area (Å²) >= 11 is 0. The number of fused-ring (bicyclic) bond motifs is 1. The van der Waals surface area contributed by atoms with Gasteiger partial charge in [-0.3, -0.25) is 4.68 Å². The predicted octanol–water partition coefficient (Wildman–Crippen LogP) is 1.29. The van der Waals surface area contributed by atoms with Gasteiger partial charge in [0.2, 0.25) is 0 Å². The number of hydrogen-bond acceptors (Lipinski definition) is 2.